The second kappa shape index (κ2) is 5.65. The van der Waals surface area contributed by atoms with Gasteiger partial charge in [0.05, 0.1) is 0 Å². The molecule has 1 aromatic heterocycles. The summed E-state index contributed by atoms with van der Waals surface area (Å²) in [4.78, 5) is 9.22. The Morgan fingerprint density at radius 3 is 2.40 bits per heavy atom. The highest BCUT2D eigenvalue weighted by molar-refractivity contribution is 8.00. The predicted octanol–water partition coefficient (Wildman–Crippen LogP) is 2.11. The lowest BCUT2D eigenvalue weighted by Crippen LogP contribution is -2.41. The van der Waals surface area contributed by atoms with Crippen molar-refractivity contribution in [2.75, 3.05) is 23.4 Å². The molecule has 9 heteroatoms. The normalized spacial score (nSPS) is 23.8. The minimum absolute atomic E-state index is 0.228. The minimum Gasteiger partial charge on any atom is -0.354 e. The van der Waals surface area contributed by atoms with Gasteiger partial charge in [-0.05, 0) is 0 Å². The van der Waals surface area contributed by atoms with Gasteiger partial charge in [0.2, 0.25) is 5.95 Å². The van der Waals surface area contributed by atoms with Crippen LogP contribution < -0.4 is 16.2 Å². The van der Waals surface area contributed by atoms with E-state index in [1.54, 1.807) is 0 Å². The number of rotatable bonds is 2. The van der Waals surface area contributed by atoms with Crippen LogP contribution in [0.2, 0.25) is 0 Å². The zero-order valence-electron chi connectivity index (χ0n) is 11.1. The maximum atomic E-state index is 12.8. The summed E-state index contributed by atoms with van der Waals surface area (Å²) < 4.78 is 38.5. The van der Waals surface area contributed by atoms with Crippen LogP contribution in [0.5, 0.6) is 0 Å². The highest BCUT2D eigenvalue weighted by Crippen LogP contribution is 2.33. The molecule has 1 aliphatic heterocycles. The molecule has 0 saturated carbocycles. The van der Waals surface area contributed by atoms with Gasteiger partial charge in [0.25, 0.3) is 0 Å². The van der Waals surface area contributed by atoms with E-state index < -0.39 is 11.9 Å². The number of hydrogen-bond donors (Lipinski definition) is 2. The maximum Gasteiger partial charge on any atom is 0.433 e. The summed E-state index contributed by atoms with van der Waals surface area (Å²) in [7, 11) is 0. The molecule has 0 spiro atoms. The van der Waals surface area contributed by atoms with E-state index in [0.29, 0.717) is 23.6 Å². The van der Waals surface area contributed by atoms with Crippen molar-refractivity contribution in [3.63, 3.8) is 0 Å². The molecule has 0 radical (unpaired) electrons. The van der Waals surface area contributed by atoms with Crippen LogP contribution in [0.25, 0.3) is 0 Å². The summed E-state index contributed by atoms with van der Waals surface area (Å²) in [6.45, 7) is 5.38. The maximum absolute atomic E-state index is 12.8. The number of aromatic nitrogens is 2. The summed E-state index contributed by atoms with van der Waals surface area (Å²) >= 11 is 1.81. The fourth-order valence-electron chi connectivity index (χ4n) is 2.17. The van der Waals surface area contributed by atoms with Crippen LogP contribution >= 0.6 is 11.8 Å². The van der Waals surface area contributed by atoms with Crippen LogP contribution in [0.15, 0.2) is 6.07 Å². The van der Waals surface area contributed by atoms with Gasteiger partial charge in [0, 0.05) is 29.7 Å². The van der Waals surface area contributed by atoms with Crippen molar-refractivity contribution in [2.45, 2.75) is 30.5 Å². The fraction of sp³-hybridized carbons (Fsp3) is 0.636. The summed E-state index contributed by atoms with van der Waals surface area (Å²) in [6.07, 6.45) is -4.52. The first-order valence-corrected chi connectivity index (χ1v) is 7.07. The Labute approximate surface area is 119 Å². The third-order valence-electron chi connectivity index (χ3n) is 2.88. The van der Waals surface area contributed by atoms with Crippen molar-refractivity contribution in [1.82, 2.24) is 9.97 Å². The van der Waals surface area contributed by atoms with Crippen LogP contribution in [-0.4, -0.2) is 33.6 Å². The second-order valence-corrected chi connectivity index (χ2v) is 6.62. The third-order valence-corrected chi connectivity index (χ3v) is 4.10. The van der Waals surface area contributed by atoms with Gasteiger partial charge in [0.1, 0.15) is 5.82 Å². The molecule has 5 nitrogen and oxygen atoms in total. The van der Waals surface area contributed by atoms with Gasteiger partial charge in [0.15, 0.2) is 5.69 Å². The number of anilines is 2. The smallest absolute Gasteiger partial charge is 0.354 e. The van der Waals surface area contributed by atoms with Crippen molar-refractivity contribution in [3.05, 3.63) is 11.8 Å². The lowest BCUT2D eigenvalue weighted by atomic mass is 10.3. The largest absolute Gasteiger partial charge is 0.433 e. The molecule has 2 unspecified atom stereocenters. The van der Waals surface area contributed by atoms with Gasteiger partial charge in [-0.1, -0.05) is 13.8 Å². The van der Waals surface area contributed by atoms with Gasteiger partial charge in [-0.15, -0.1) is 0 Å². The summed E-state index contributed by atoms with van der Waals surface area (Å²) in [5.74, 6) is 5.17. The molecular formula is C11H16F3N5S. The summed E-state index contributed by atoms with van der Waals surface area (Å²) in [5.41, 5.74) is 1.10. The molecule has 0 aromatic carbocycles. The molecule has 2 heterocycles. The van der Waals surface area contributed by atoms with Gasteiger partial charge in [-0.2, -0.15) is 29.9 Å². The number of hydrazine groups is 1. The number of nitrogen functional groups attached to an aromatic ring is 1. The van der Waals surface area contributed by atoms with Crippen LogP contribution in [0.3, 0.4) is 0 Å². The Hall–Kier alpha value is -1.22. The van der Waals surface area contributed by atoms with E-state index >= 15 is 0 Å². The number of nitrogens with one attached hydrogen (secondary N) is 1. The molecule has 0 bridgehead atoms. The first-order valence-electron chi connectivity index (χ1n) is 6.13. The molecule has 1 saturated heterocycles. The molecule has 0 amide bonds. The van der Waals surface area contributed by atoms with Crippen molar-refractivity contribution in [2.24, 2.45) is 5.84 Å². The molecule has 112 valence electrons. The zero-order chi connectivity index (χ0) is 14.9. The number of nitrogens with two attached hydrogens (primary N) is 1. The van der Waals surface area contributed by atoms with Gasteiger partial charge in [-0.25, -0.2) is 10.8 Å². The predicted molar refractivity (Wildman–Crippen MR) is 73.6 cm³/mol. The first-order chi connectivity index (χ1) is 9.29. The standard InChI is InChI=1S/C11H16F3N5S/c1-6-4-19(5-7(2)20-6)9-3-8(11(12,13)14)16-10(17-9)18-15/h3,6-7H,4-5,15H2,1-2H3,(H,16,17,18). The number of thioether (sulfide) groups is 1. The van der Waals surface area contributed by atoms with Gasteiger partial charge >= 0.3 is 6.18 Å². The van der Waals surface area contributed by atoms with E-state index in [2.05, 4.69) is 15.4 Å². The Bertz CT molecular complexity index is 472. The first kappa shape index (κ1) is 15.2. The molecule has 1 aliphatic rings. The van der Waals surface area contributed by atoms with Crippen molar-refractivity contribution < 1.29 is 13.2 Å². The fourth-order valence-corrected chi connectivity index (χ4v) is 3.50. The molecular weight excluding hydrogens is 291 g/mol. The number of hydrogen-bond acceptors (Lipinski definition) is 6. The number of alkyl halides is 3. The van der Waals surface area contributed by atoms with Crippen molar-refractivity contribution in [1.29, 1.82) is 0 Å². The second-order valence-electron chi connectivity index (χ2n) is 4.74. The average molecular weight is 307 g/mol. The van der Waals surface area contributed by atoms with Gasteiger partial charge < -0.3 is 4.90 Å². The Balaban J connectivity index is 2.35. The molecule has 0 aliphatic carbocycles. The zero-order valence-corrected chi connectivity index (χ0v) is 11.9. The highest BCUT2D eigenvalue weighted by atomic mass is 32.2. The highest BCUT2D eigenvalue weighted by Gasteiger charge is 2.35. The van der Waals surface area contributed by atoms with Crippen LogP contribution in [0, 0.1) is 0 Å². The number of halogens is 3. The molecule has 2 atom stereocenters. The van der Waals surface area contributed by atoms with E-state index in [0.717, 1.165) is 6.07 Å². The molecule has 1 aromatic rings. The molecule has 3 N–H and O–H groups in total. The summed E-state index contributed by atoms with van der Waals surface area (Å²) in [6, 6.07) is 0.969. The van der Waals surface area contributed by atoms with E-state index in [1.165, 1.54) is 0 Å². The lowest BCUT2D eigenvalue weighted by Gasteiger charge is -2.35. The quantitative estimate of drug-likeness (QED) is 0.644. The van der Waals surface area contributed by atoms with Crippen LogP contribution in [-0.2, 0) is 6.18 Å². The average Bonchev–Trinajstić information content (AvgIpc) is 2.36. The SMILES string of the molecule is CC1CN(c2cc(C(F)(F)F)nc(NN)n2)CC(C)S1. The van der Waals surface area contributed by atoms with E-state index in [4.69, 9.17) is 5.84 Å². The Morgan fingerprint density at radius 2 is 1.90 bits per heavy atom. The Morgan fingerprint density at radius 1 is 1.30 bits per heavy atom. The van der Waals surface area contributed by atoms with Crippen molar-refractivity contribution >= 4 is 23.5 Å². The van der Waals surface area contributed by atoms with E-state index in [9.17, 15) is 13.2 Å². The topological polar surface area (TPSA) is 67.1 Å². The van der Waals surface area contributed by atoms with Gasteiger partial charge in [-0.3, -0.25) is 5.43 Å². The third kappa shape index (κ3) is 3.45. The summed E-state index contributed by atoms with van der Waals surface area (Å²) in [5, 5.41) is 0.662. The number of nitrogens with zero attached hydrogens (tertiary/aromatic N) is 3. The van der Waals surface area contributed by atoms with Crippen molar-refractivity contribution in [3.8, 4) is 0 Å². The molecule has 2 rings (SSSR count). The van der Waals surface area contributed by atoms with E-state index in [-0.39, 0.29) is 11.8 Å². The Kier molecular flexibility index (Phi) is 4.28. The van der Waals surface area contributed by atoms with Crippen LogP contribution in [0.1, 0.15) is 19.5 Å². The monoisotopic (exact) mass is 307 g/mol. The minimum atomic E-state index is -4.52. The molecule has 1 fully saturated rings. The lowest BCUT2D eigenvalue weighted by molar-refractivity contribution is -0.141. The van der Waals surface area contributed by atoms with Crippen LogP contribution in [0.4, 0.5) is 24.9 Å². The molecule has 20 heavy (non-hydrogen) atoms. The van der Waals surface area contributed by atoms with E-state index in [1.807, 2.05) is 30.5 Å².